The lowest BCUT2D eigenvalue weighted by Gasteiger charge is -2.18. The van der Waals surface area contributed by atoms with Crippen LogP contribution in [0.25, 0.3) is 10.9 Å². The average Bonchev–Trinajstić information content (AvgIpc) is 2.76. The van der Waals surface area contributed by atoms with Gasteiger partial charge >= 0.3 is 11.7 Å². The molecule has 1 N–H and O–H groups in total. The molecule has 9 nitrogen and oxygen atoms in total. The zero-order valence-corrected chi connectivity index (χ0v) is 19.3. The number of nitrogens with zero attached hydrogens (tertiary/aromatic N) is 2. The standard InChI is InChI=1S/C22H22BrN3O6/c1-4-30-18-11-14(10-16(23)19(18)32-13(3)21(28)31-5-2)12-24-26-20(27)15-8-6-7-9-17(15)25-22(26)29/h6-13H,4-5H2,1-3H3,(H,25,29)/t13-/m1/s1. The Balaban J connectivity index is 1.97. The van der Waals surface area contributed by atoms with E-state index >= 15 is 0 Å². The van der Waals surface area contributed by atoms with Gasteiger partial charge in [0, 0.05) is 0 Å². The number of hydrogen-bond donors (Lipinski definition) is 1. The van der Waals surface area contributed by atoms with E-state index in [1.165, 1.54) is 6.21 Å². The van der Waals surface area contributed by atoms with E-state index in [0.29, 0.717) is 39.0 Å². The topological polar surface area (TPSA) is 112 Å². The van der Waals surface area contributed by atoms with Gasteiger partial charge in [0.1, 0.15) is 0 Å². The molecule has 0 amide bonds. The molecule has 0 saturated carbocycles. The summed E-state index contributed by atoms with van der Waals surface area (Å²) in [7, 11) is 0. The Bertz CT molecular complexity index is 1280. The van der Waals surface area contributed by atoms with Crippen LogP contribution in [0.1, 0.15) is 26.3 Å². The second-order valence-electron chi connectivity index (χ2n) is 6.61. The van der Waals surface area contributed by atoms with E-state index in [1.54, 1.807) is 57.2 Å². The van der Waals surface area contributed by atoms with Crippen molar-refractivity contribution in [2.75, 3.05) is 13.2 Å². The first-order valence-electron chi connectivity index (χ1n) is 9.93. The molecule has 0 aliphatic heterocycles. The molecule has 10 heteroatoms. The first kappa shape index (κ1) is 23.3. The van der Waals surface area contributed by atoms with Gasteiger partial charge in [0.15, 0.2) is 17.6 Å². The number of halogens is 1. The summed E-state index contributed by atoms with van der Waals surface area (Å²) in [5, 5.41) is 4.40. The fraction of sp³-hybridized carbons (Fsp3) is 0.273. The molecule has 168 valence electrons. The number of ether oxygens (including phenoxy) is 3. The highest BCUT2D eigenvalue weighted by Gasteiger charge is 2.20. The third-order valence-corrected chi connectivity index (χ3v) is 4.94. The summed E-state index contributed by atoms with van der Waals surface area (Å²) in [6.45, 7) is 5.69. The second-order valence-corrected chi connectivity index (χ2v) is 7.47. The van der Waals surface area contributed by atoms with Gasteiger partial charge in [-0.15, -0.1) is 4.68 Å². The summed E-state index contributed by atoms with van der Waals surface area (Å²) in [6.07, 6.45) is 0.511. The van der Waals surface area contributed by atoms with E-state index < -0.39 is 23.3 Å². The van der Waals surface area contributed by atoms with Crippen LogP contribution in [0.15, 0.2) is 55.6 Å². The maximum absolute atomic E-state index is 12.6. The average molecular weight is 504 g/mol. The molecule has 1 aromatic heterocycles. The highest BCUT2D eigenvalue weighted by molar-refractivity contribution is 9.10. The molecule has 1 heterocycles. The molecule has 3 rings (SSSR count). The van der Waals surface area contributed by atoms with Crippen LogP contribution in [-0.2, 0) is 9.53 Å². The van der Waals surface area contributed by atoms with Gasteiger partial charge in [-0.2, -0.15) is 5.10 Å². The van der Waals surface area contributed by atoms with Gasteiger partial charge < -0.3 is 19.2 Å². The molecule has 3 aromatic rings. The number of hydrogen-bond acceptors (Lipinski definition) is 7. The highest BCUT2D eigenvalue weighted by atomic mass is 79.9. The fourth-order valence-corrected chi connectivity index (χ4v) is 3.46. The monoisotopic (exact) mass is 503 g/mol. The van der Waals surface area contributed by atoms with E-state index in [1.807, 2.05) is 0 Å². The van der Waals surface area contributed by atoms with Crippen molar-refractivity contribution in [3.05, 3.63) is 67.3 Å². The molecule has 0 unspecified atom stereocenters. The third-order valence-electron chi connectivity index (χ3n) is 4.35. The van der Waals surface area contributed by atoms with E-state index in [-0.39, 0.29) is 6.61 Å². The minimum absolute atomic E-state index is 0.245. The quantitative estimate of drug-likeness (QED) is 0.373. The van der Waals surface area contributed by atoms with Crippen molar-refractivity contribution >= 4 is 39.0 Å². The molecule has 1 atom stereocenters. The maximum atomic E-state index is 12.6. The first-order chi connectivity index (χ1) is 15.3. The SMILES string of the molecule is CCOC(=O)[C@@H](C)Oc1c(Br)cc(C=Nn2c(=O)[nH]c3ccccc3c2=O)cc1OCC. The minimum Gasteiger partial charge on any atom is -0.490 e. The number of nitrogens with one attached hydrogen (secondary N) is 1. The largest absolute Gasteiger partial charge is 0.490 e. The number of para-hydroxylation sites is 1. The number of H-pyrrole nitrogens is 1. The van der Waals surface area contributed by atoms with Gasteiger partial charge in [-0.05, 0) is 66.5 Å². The van der Waals surface area contributed by atoms with Crippen LogP contribution in [0.4, 0.5) is 0 Å². The molecular weight excluding hydrogens is 482 g/mol. The number of rotatable bonds is 8. The van der Waals surface area contributed by atoms with Crippen molar-refractivity contribution in [2.45, 2.75) is 26.9 Å². The van der Waals surface area contributed by atoms with Gasteiger partial charge in [0.2, 0.25) is 0 Å². The summed E-state index contributed by atoms with van der Waals surface area (Å²) in [6, 6.07) is 9.99. The van der Waals surface area contributed by atoms with E-state index in [4.69, 9.17) is 14.2 Å². The van der Waals surface area contributed by atoms with Crippen molar-refractivity contribution in [3.8, 4) is 11.5 Å². The summed E-state index contributed by atoms with van der Waals surface area (Å²) >= 11 is 3.42. The second kappa shape index (κ2) is 10.3. The lowest BCUT2D eigenvalue weighted by Crippen LogP contribution is -2.32. The Kier molecular flexibility index (Phi) is 7.47. The normalized spacial score (nSPS) is 12.1. The molecule has 32 heavy (non-hydrogen) atoms. The number of carbonyl (C=O) groups is 1. The predicted octanol–water partition coefficient (Wildman–Crippen LogP) is 3.06. The first-order valence-corrected chi connectivity index (χ1v) is 10.7. The Labute approximate surface area is 191 Å². The van der Waals surface area contributed by atoms with Crippen LogP contribution >= 0.6 is 15.9 Å². The molecule has 2 aromatic carbocycles. The molecule has 0 aliphatic rings. The summed E-state index contributed by atoms with van der Waals surface area (Å²) < 4.78 is 17.6. The Hall–Kier alpha value is -3.40. The zero-order chi connectivity index (χ0) is 23.3. The van der Waals surface area contributed by atoms with Crippen molar-refractivity contribution in [1.82, 2.24) is 9.66 Å². The Morgan fingerprint density at radius 2 is 1.97 bits per heavy atom. The molecule has 0 bridgehead atoms. The molecule has 0 saturated heterocycles. The minimum atomic E-state index is -0.847. The van der Waals surface area contributed by atoms with E-state index in [2.05, 4.69) is 26.0 Å². The van der Waals surface area contributed by atoms with Crippen LogP contribution in [0.2, 0.25) is 0 Å². The summed E-state index contributed by atoms with van der Waals surface area (Å²) in [4.78, 5) is 39.5. The highest BCUT2D eigenvalue weighted by Crippen LogP contribution is 2.37. The van der Waals surface area contributed by atoms with Gasteiger partial charge in [-0.3, -0.25) is 4.79 Å². The Morgan fingerprint density at radius 1 is 1.22 bits per heavy atom. The maximum Gasteiger partial charge on any atom is 0.349 e. The summed E-state index contributed by atoms with van der Waals surface area (Å²) in [5.74, 6) is 0.187. The van der Waals surface area contributed by atoms with Crippen LogP contribution < -0.4 is 20.7 Å². The predicted molar refractivity (Wildman–Crippen MR) is 124 cm³/mol. The van der Waals surface area contributed by atoms with Gasteiger partial charge in [-0.25, -0.2) is 9.59 Å². The van der Waals surface area contributed by atoms with Crippen LogP contribution in [-0.4, -0.2) is 41.2 Å². The van der Waals surface area contributed by atoms with Crippen LogP contribution in [0.3, 0.4) is 0 Å². The third kappa shape index (κ3) is 5.08. The van der Waals surface area contributed by atoms with Crippen molar-refractivity contribution in [2.24, 2.45) is 5.10 Å². The smallest absolute Gasteiger partial charge is 0.349 e. The zero-order valence-electron chi connectivity index (χ0n) is 17.8. The number of benzene rings is 2. The Morgan fingerprint density at radius 3 is 2.69 bits per heavy atom. The molecule has 0 aliphatic carbocycles. The van der Waals surface area contributed by atoms with E-state index in [0.717, 1.165) is 4.68 Å². The van der Waals surface area contributed by atoms with Gasteiger partial charge in [0.05, 0.1) is 34.8 Å². The molecule has 0 spiro atoms. The number of carbonyl (C=O) groups excluding carboxylic acids is 1. The fourth-order valence-electron chi connectivity index (χ4n) is 2.91. The van der Waals surface area contributed by atoms with Crippen LogP contribution in [0, 0.1) is 0 Å². The number of aromatic amines is 1. The summed E-state index contributed by atoms with van der Waals surface area (Å²) in [5.41, 5.74) is -0.214. The molecule has 0 radical (unpaired) electrons. The number of aromatic nitrogens is 2. The molecular formula is C22H22BrN3O6. The van der Waals surface area contributed by atoms with Crippen molar-refractivity contribution in [1.29, 1.82) is 0 Å². The lowest BCUT2D eigenvalue weighted by molar-refractivity contribution is -0.150. The van der Waals surface area contributed by atoms with E-state index in [9.17, 15) is 14.4 Å². The van der Waals surface area contributed by atoms with Crippen molar-refractivity contribution in [3.63, 3.8) is 0 Å². The van der Waals surface area contributed by atoms with Crippen molar-refractivity contribution < 1.29 is 19.0 Å². The number of esters is 1. The van der Waals surface area contributed by atoms with Gasteiger partial charge in [-0.1, -0.05) is 12.1 Å². The number of fused-ring (bicyclic) bond motifs is 1. The van der Waals surface area contributed by atoms with Crippen LogP contribution in [0.5, 0.6) is 11.5 Å². The van der Waals surface area contributed by atoms with Gasteiger partial charge in [0.25, 0.3) is 5.56 Å². The lowest BCUT2D eigenvalue weighted by atomic mass is 10.2. The molecule has 0 fully saturated rings.